The molecule has 2 aliphatic rings. The zero-order chi connectivity index (χ0) is 19.0. The first-order chi connectivity index (χ1) is 12.4. The van der Waals surface area contributed by atoms with E-state index in [9.17, 15) is 19.2 Å². The van der Waals surface area contributed by atoms with Crippen molar-refractivity contribution >= 4 is 23.3 Å². The van der Waals surface area contributed by atoms with Crippen molar-refractivity contribution in [3.63, 3.8) is 0 Å². The zero-order valence-electron chi connectivity index (χ0n) is 15.2. The Labute approximate surface area is 152 Å². The highest BCUT2D eigenvalue weighted by atomic mass is 19.1. The fraction of sp³-hybridized carbons (Fsp3) is 0.526. The second-order valence-electron chi connectivity index (χ2n) is 7.04. The fourth-order valence-corrected chi connectivity index (χ4v) is 3.63. The van der Waals surface area contributed by atoms with Gasteiger partial charge in [0.25, 0.3) is 0 Å². The van der Waals surface area contributed by atoms with Crippen LogP contribution < -0.4 is 9.80 Å². The molecule has 3 rings (SSSR count). The lowest BCUT2D eigenvalue weighted by molar-refractivity contribution is -0.116. The van der Waals surface area contributed by atoms with Crippen LogP contribution in [0, 0.1) is 23.1 Å². The molecule has 0 radical (unpaired) electrons. The summed E-state index contributed by atoms with van der Waals surface area (Å²) in [5.41, 5.74) is 0.290. The van der Waals surface area contributed by atoms with Crippen LogP contribution >= 0.6 is 0 Å². The summed E-state index contributed by atoms with van der Waals surface area (Å²) in [7, 11) is 1.20. The number of anilines is 2. The molecule has 1 aromatic rings. The average Bonchev–Trinajstić information content (AvgIpc) is 3.34. The highest BCUT2D eigenvalue weighted by Crippen LogP contribution is 2.42. The Morgan fingerprint density at radius 3 is 2.54 bits per heavy atom. The predicted octanol–water partition coefficient (Wildman–Crippen LogP) is 2.85. The van der Waals surface area contributed by atoms with Gasteiger partial charge in [0.1, 0.15) is 17.4 Å². The molecule has 1 atom stereocenters. The van der Waals surface area contributed by atoms with Gasteiger partial charge in [0.2, 0.25) is 5.91 Å². The Balaban J connectivity index is 2.25. The molecule has 138 valence electrons. The summed E-state index contributed by atoms with van der Waals surface area (Å²) in [5.74, 6) is -1.29. The Kier molecular flexibility index (Phi) is 4.86. The van der Waals surface area contributed by atoms with E-state index in [2.05, 4.69) is 13.0 Å². The third-order valence-electron chi connectivity index (χ3n) is 4.98. The van der Waals surface area contributed by atoms with Crippen molar-refractivity contribution in [3.05, 3.63) is 23.0 Å². The number of rotatable bonds is 4. The van der Waals surface area contributed by atoms with Gasteiger partial charge in [0, 0.05) is 26.1 Å². The average molecular weight is 359 g/mol. The maximum absolute atomic E-state index is 14.9. The molecule has 0 N–H and O–H groups in total. The van der Waals surface area contributed by atoms with Gasteiger partial charge in [0.15, 0.2) is 0 Å². The summed E-state index contributed by atoms with van der Waals surface area (Å²) >= 11 is 0. The van der Waals surface area contributed by atoms with Gasteiger partial charge in [0.05, 0.1) is 24.0 Å². The number of ether oxygens (including phenoxy) is 1. The Hall–Kier alpha value is -2.62. The molecular formula is C19H22FN3O3. The molecule has 0 aromatic heterocycles. The first kappa shape index (κ1) is 18.2. The number of esters is 1. The number of hydrogen-bond acceptors (Lipinski definition) is 5. The second-order valence-corrected chi connectivity index (χ2v) is 7.04. The summed E-state index contributed by atoms with van der Waals surface area (Å²) < 4.78 is 19.7. The molecule has 1 aliphatic heterocycles. The van der Waals surface area contributed by atoms with Crippen molar-refractivity contribution in [1.82, 2.24) is 0 Å². The number of carbonyl (C=O) groups excluding carboxylic acids is 2. The molecule has 6 nitrogen and oxygen atoms in total. The second kappa shape index (κ2) is 6.94. The van der Waals surface area contributed by atoms with E-state index in [0.717, 1.165) is 25.3 Å². The van der Waals surface area contributed by atoms with E-state index in [4.69, 9.17) is 4.74 Å². The summed E-state index contributed by atoms with van der Waals surface area (Å²) in [6, 6.07) is 3.08. The highest BCUT2D eigenvalue weighted by molar-refractivity contribution is 6.05. The lowest BCUT2D eigenvalue weighted by atomic mass is 10.0. The molecule has 1 aromatic carbocycles. The van der Waals surface area contributed by atoms with Gasteiger partial charge in [-0.25, -0.2) is 9.18 Å². The zero-order valence-corrected chi connectivity index (χ0v) is 15.2. The van der Waals surface area contributed by atoms with Crippen molar-refractivity contribution in [2.75, 3.05) is 30.0 Å². The topological polar surface area (TPSA) is 73.6 Å². The van der Waals surface area contributed by atoms with Crippen molar-refractivity contribution in [2.24, 2.45) is 5.92 Å². The van der Waals surface area contributed by atoms with Crippen LogP contribution in [0.15, 0.2) is 6.07 Å². The standard InChI is InChI=1S/C19H22FN3O3/c1-11-6-7-22(10-11)18-15(9-21)17(23(12(2)24)13-4-5-13)14(8-16(18)20)19(25)26-3/h8,11,13H,4-7,10H2,1-3H3/t11-/m0/s1. The number of carbonyl (C=O) groups is 2. The molecule has 1 heterocycles. The van der Waals surface area contributed by atoms with Crippen LogP contribution in [-0.4, -0.2) is 38.1 Å². The normalized spacial score (nSPS) is 19.2. The molecule has 1 saturated carbocycles. The summed E-state index contributed by atoms with van der Waals surface area (Å²) in [6.07, 6.45) is 2.48. The largest absolute Gasteiger partial charge is 0.465 e. The van der Waals surface area contributed by atoms with Crippen molar-refractivity contribution in [3.8, 4) is 6.07 Å². The maximum Gasteiger partial charge on any atom is 0.340 e. The van der Waals surface area contributed by atoms with Crippen molar-refractivity contribution in [1.29, 1.82) is 5.26 Å². The van der Waals surface area contributed by atoms with Gasteiger partial charge in [-0.15, -0.1) is 0 Å². The van der Waals surface area contributed by atoms with E-state index in [1.165, 1.54) is 18.9 Å². The van der Waals surface area contributed by atoms with Crippen LogP contribution in [0.2, 0.25) is 0 Å². The van der Waals surface area contributed by atoms with Gasteiger partial charge in [-0.3, -0.25) is 4.79 Å². The Morgan fingerprint density at radius 1 is 1.38 bits per heavy atom. The summed E-state index contributed by atoms with van der Waals surface area (Å²) in [5, 5.41) is 9.83. The Morgan fingerprint density at radius 2 is 2.08 bits per heavy atom. The van der Waals surface area contributed by atoms with Crippen LogP contribution in [0.25, 0.3) is 0 Å². The molecule has 0 unspecified atom stereocenters. The van der Waals surface area contributed by atoms with Crippen LogP contribution in [0.5, 0.6) is 0 Å². The molecule has 0 bridgehead atoms. The van der Waals surface area contributed by atoms with E-state index in [1.807, 2.05) is 4.90 Å². The number of methoxy groups -OCH3 is 1. The van der Waals surface area contributed by atoms with Crippen LogP contribution in [0.3, 0.4) is 0 Å². The molecule has 1 saturated heterocycles. The van der Waals surface area contributed by atoms with E-state index in [0.29, 0.717) is 19.0 Å². The van der Waals surface area contributed by atoms with Gasteiger partial charge >= 0.3 is 5.97 Å². The number of nitriles is 1. The molecule has 1 amide bonds. The molecular weight excluding hydrogens is 337 g/mol. The lowest BCUT2D eigenvalue weighted by Gasteiger charge is -2.28. The first-order valence-corrected chi connectivity index (χ1v) is 8.78. The maximum atomic E-state index is 14.9. The molecule has 7 heteroatoms. The number of nitrogens with zero attached hydrogens (tertiary/aromatic N) is 3. The van der Waals surface area contributed by atoms with E-state index >= 15 is 0 Å². The monoisotopic (exact) mass is 359 g/mol. The van der Waals surface area contributed by atoms with E-state index in [1.54, 1.807) is 0 Å². The van der Waals surface area contributed by atoms with Gasteiger partial charge < -0.3 is 14.5 Å². The van der Waals surface area contributed by atoms with Crippen molar-refractivity contribution < 1.29 is 18.7 Å². The number of hydrogen-bond donors (Lipinski definition) is 0. The molecule has 2 fully saturated rings. The van der Waals surface area contributed by atoms with Crippen molar-refractivity contribution in [2.45, 2.75) is 39.2 Å². The van der Waals surface area contributed by atoms with E-state index in [-0.39, 0.29) is 34.5 Å². The number of halogens is 1. The third kappa shape index (κ3) is 3.12. The van der Waals surface area contributed by atoms with Crippen LogP contribution in [0.4, 0.5) is 15.8 Å². The van der Waals surface area contributed by atoms with Crippen LogP contribution in [0.1, 0.15) is 49.0 Å². The van der Waals surface area contributed by atoms with Gasteiger partial charge in [-0.2, -0.15) is 5.26 Å². The molecule has 1 aliphatic carbocycles. The smallest absolute Gasteiger partial charge is 0.340 e. The SMILES string of the molecule is COC(=O)c1cc(F)c(N2CC[C@H](C)C2)c(C#N)c1N(C(C)=O)C1CC1. The summed E-state index contributed by atoms with van der Waals surface area (Å²) in [4.78, 5) is 27.8. The highest BCUT2D eigenvalue weighted by Gasteiger charge is 2.38. The summed E-state index contributed by atoms with van der Waals surface area (Å²) in [6.45, 7) is 4.72. The van der Waals surface area contributed by atoms with Crippen LogP contribution in [-0.2, 0) is 9.53 Å². The lowest BCUT2D eigenvalue weighted by Crippen LogP contribution is -2.34. The first-order valence-electron chi connectivity index (χ1n) is 8.78. The quantitative estimate of drug-likeness (QED) is 0.773. The fourth-order valence-electron chi connectivity index (χ4n) is 3.63. The number of amides is 1. The minimum atomic E-state index is -0.761. The predicted molar refractivity (Wildman–Crippen MR) is 94.6 cm³/mol. The minimum Gasteiger partial charge on any atom is -0.465 e. The van der Waals surface area contributed by atoms with E-state index < -0.39 is 11.8 Å². The number of benzene rings is 1. The van der Waals surface area contributed by atoms with Gasteiger partial charge in [-0.05, 0) is 31.2 Å². The molecule has 26 heavy (non-hydrogen) atoms. The Bertz CT molecular complexity index is 798. The minimum absolute atomic E-state index is 0.0293. The third-order valence-corrected chi connectivity index (χ3v) is 4.98. The van der Waals surface area contributed by atoms with Gasteiger partial charge in [-0.1, -0.05) is 6.92 Å². The molecule has 0 spiro atoms.